The third-order valence-corrected chi connectivity index (χ3v) is 2.64. The van der Waals surface area contributed by atoms with Gasteiger partial charge in [-0.3, -0.25) is 9.59 Å². The molecule has 0 saturated heterocycles. The lowest BCUT2D eigenvalue weighted by molar-refractivity contribution is -0.184. The second kappa shape index (κ2) is 7.49. The van der Waals surface area contributed by atoms with Crippen LogP contribution in [-0.4, -0.2) is 23.1 Å². The van der Waals surface area contributed by atoms with Crippen molar-refractivity contribution in [3.63, 3.8) is 0 Å². The maximum absolute atomic E-state index is 12.7. The first-order valence-corrected chi connectivity index (χ1v) is 7.35. The van der Waals surface area contributed by atoms with E-state index >= 15 is 0 Å². The van der Waals surface area contributed by atoms with E-state index in [1.807, 2.05) is 0 Å². The molecule has 0 aromatic carbocycles. The molecule has 0 amide bonds. The minimum atomic E-state index is -1.48. The zero-order valence-electron chi connectivity index (χ0n) is 14.8. The quantitative estimate of drug-likeness (QED) is 0.337. The SMILES string of the molecule is C=CCC(CC#CC)(C(=O)OC(C)(C)C)C(=O)OC(C)(C)C. The number of allylic oxidation sites excluding steroid dienone is 1. The Morgan fingerprint density at radius 3 is 1.68 bits per heavy atom. The first kappa shape index (κ1) is 20.2. The Labute approximate surface area is 134 Å². The molecule has 4 nitrogen and oxygen atoms in total. The average molecular weight is 308 g/mol. The van der Waals surface area contributed by atoms with Crippen LogP contribution in [0.4, 0.5) is 0 Å². The monoisotopic (exact) mass is 308 g/mol. The van der Waals surface area contributed by atoms with Gasteiger partial charge in [0.1, 0.15) is 11.2 Å². The van der Waals surface area contributed by atoms with Crippen LogP contribution in [0.5, 0.6) is 0 Å². The van der Waals surface area contributed by atoms with Crippen LogP contribution >= 0.6 is 0 Å². The summed E-state index contributed by atoms with van der Waals surface area (Å²) in [5.74, 6) is 4.27. The molecule has 22 heavy (non-hydrogen) atoms. The highest BCUT2D eigenvalue weighted by Crippen LogP contribution is 2.34. The zero-order valence-corrected chi connectivity index (χ0v) is 14.8. The molecule has 0 atom stereocenters. The summed E-state index contributed by atoms with van der Waals surface area (Å²) in [4.78, 5) is 25.3. The Morgan fingerprint density at radius 1 is 1.00 bits per heavy atom. The smallest absolute Gasteiger partial charge is 0.325 e. The summed E-state index contributed by atoms with van der Waals surface area (Å²) < 4.78 is 10.9. The number of ether oxygens (including phenoxy) is 2. The van der Waals surface area contributed by atoms with Crippen LogP contribution in [-0.2, 0) is 19.1 Å². The summed E-state index contributed by atoms with van der Waals surface area (Å²) in [6.45, 7) is 15.8. The van der Waals surface area contributed by atoms with Gasteiger partial charge in [-0.25, -0.2) is 0 Å². The molecule has 0 heterocycles. The molecule has 0 rings (SSSR count). The van der Waals surface area contributed by atoms with Crippen LogP contribution in [0, 0.1) is 17.3 Å². The highest BCUT2D eigenvalue weighted by molar-refractivity contribution is 6.01. The van der Waals surface area contributed by atoms with Crippen molar-refractivity contribution in [1.82, 2.24) is 0 Å². The van der Waals surface area contributed by atoms with Gasteiger partial charge in [-0.05, 0) is 54.9 Å². The van der Waals surface area contributed by atoms with Gasteiger partial charge in [0.2, 0.25) is 0 Å². The van der Waals surface area contributed by atoms with E-state index < -0.39 is 28.6 Å². The van der Waals surface area contributed by atoms with Gasteiger partial charge in [-0.1, -0.05) is 6.08 Å². The number of carbonyl (C=O) groups excluding carboxylic acids is 2. The minimum absolute atomic E-state index is 0.0410. The Hall–Kier alpha value is -1.76. The predicted molar refractivity (Wildman–Crippen MR) is 87.0 cm³/mol. The molecule has 0 fully saturated rings. The first-order chi connectivity index (χ1) is 9.88. The Kier molecular flexibility index (Phi) is 6.89. The summed E-state index contributed by atoms with van der Waals surface area (Å²) in [7, 11) is 0. The molecular weight excluding hydrogens is 280 g/mol. The van der Waals surface area contributed by atoms with Crippen LogP contribution < -0.4 is 0 Å². The molecule has 0 aromatic heterocycles. The summed E-state index contributed by atoms with van der Waals surface area (Å²) in [6.07, 6.45) is 1.68. The molecule has 0 radical (unpaired) electrons. The van der Waals surface area contributed by atoms with Crippen molar-refractivity contribution in [2.45, 2.75) is 72.5 Å². The van der Waals surface area contributed by atoms with Gasteiger partial charge in [0, 0.05) is 6.42 Å². The van der Waals surface area contributed by atoms with Gasteiger partial charge in [0.15, 0.2) is 5.41 Å². The van der Waals surface area contributed by atoms with Crippen molar-refractivity contribution < 1.29 is 19.1 Å². The van der Waals surface area contributed by atoms with Crippen LogP contribution in [0.25, 0.3) is 0 Å². The largest absolute Gasteiger partial charge is 0.459 e. The highest BCUT2D eigenvalue weighted by atomic mass is 16.6. The van der Waals surface area contributed by atoms with Crippen LogP contribution in [0.2, 0.25) is 0 Å². The van der Waals surface area contributed by atoms with Crippen molar-refractivity contribution in [1.29, 1.82) is 0 Å². The van der Waals surface area contributed by atoms with Gasteiger partial charge < -0.3 is 9.47 Å². The maximum atomic E-state index is 12.7. The second-order valence-corrected chi connectivity index (χ2v) is 7.18. The molecule has 124 valence electrons. The molecule has 0 aromatic rings. The minimum Gasteiger partial charge on any atom is -0.459 e. The van der Waals surface area contributed by atoms with Crippen LogP contribution in [0.15, 0.2) is 12.7 Å². The van der Waals surface area contributed by atoms with E-state index in [1.165, 1.54) is 6.08 Å². The number of rotatable bonds is 5. The zero-order chi connectivity index (χ0) is 17.6. The number of hydrogen-bond acceptors (Lipinski definition) is 4. The molecule has 4 heteroatoms. The van der Waals surface area contributed by atoms with Crippen molar-refractivity contribution >= 4 is 11.9 Å². The predicted octanol–water partition coefficient (Wildman–Crippen LogP) is 3.65. The number of carbonyl (C=O) groups is 2. The topological polar surface area (TPSA) is 52.6 Å². The number of hydrogen-bond donors (Lipinski definition) is 0. The third-order valence-electron chi connectivity index (χ3n) is 2.64. The maximum Gasteiger partial charge on any atom is 0.325 e. The van der Waals surface area contributed by atoms with Crippen molar-refractivity contribution in [2.75, 3.05) is 0 Å². The van der Waals surface area contributed by atoms with Crippen LogP contribution in [0.1, 0.15) is 61.3 Å². The fourth-order valence-electron chi connectivity index (χ4n) is 1.70. The van der Waals surface area contributed by atoms with E-state index in [0.717, 1.165) is 0 Å². The lowest BCUT2D eigenvalue weighted by Gasteiger charge is -2.33. The van der Waals surface area contributed by atoms with Gasteiger partial charge in [-0.2, -0.15) is 0 Å². The van der Waals surface area contributed by atoms with Crippen molar-refractivity contribution in [2.24, 2.45) is 5.41 Å². The van der Waals surface area contributed by atoms with E-state index in [0.29, 0.717) is 0 Å². The second-order valence-electron chi connectivity index (χ2n) is 7.18. The molecule has 0 aliphatic rings. The molecule has 0 aliphatic carbocycles. The van der Waals surface area contributed by atoms with Gasteiger partial charge in [0.05, 0.1) is 0 Å². The Bertz CT molecular complexity index is 450. The fourth-order valence-corrected chi connectivity index (χ4v) is 1.70. The van der Waals surface area contributed by atoms with Crippen molar-refractivity contribution in [3.8, 4) is 11.8 Å². The molecule has 0 unspecified atom stereocenters. The summed E-state index contributed by atoms with van der Waals surface area (Å²) >= 11 is 0. The van der Waals surface area contributed by atoms with Gasteiger partial charge in [-0.15, -0.1) is 18.4 Å². The van der Waals surface area contributed by atoms with E-state index in [1.54, 1.807) is 48.5 Å². The van der Waals surface area contributed by atoms with Gasteiger partial charge in [0.25, 0.3) is 0 Å². The average Bonchev–Trinajstić information content (AvgIpc) is 2.29. The van der Waals surface area contributed by atoms with Gasteiger partial charge >= 0.3 is 11.9 Å². The lowest BCUT2D eigenvalue weighted by atomic mass is 9.80. The molecular formula is C18H28O4. The summed E-state index contributed by atoms with van der Waals surface area (Å²) in [5, 5.41) is 0. The standard InChI is InChI=1S/C18H28O4/c1-9-11-13-18(12-10-2,14(19)21-16(3,4)5)15(20)22-17(6,7)8/h10H,2,12-13H2,1,3-8H3. The van der Waals surface area contributed by atoms with E-state index in [2.05, 4.69) is 18.4 Å². The fraction of sp³-hybridized carbons (Fsp3) is 0.667. The molecule has 0 bridgehead atoms. The number of esters is 2. The molecule has 0 saturated carbocycles. The van der Waals surface area contributed by atoms with E-state index in [4.69, 9.17) is 9.47 Å². The Morgan fingerprint density at radius 2 is 1.41 bits per heavy atom. The third kappa shape index (κ3) is 6.34. The first-order valence-electron chi connectivity index (χ1n) is 7.35. The summed E-state index contributed by atoms with van der Waals surface area (Å²) in [6, 6.07) is 0. The van der Waals surface area contributed by atoms with Crippen LogP contribution in [0.3, 0.4) is 0 Å². The van der Waals surface area contributed by atoms with Crippen molar-refractivity contribution in [3.05, 3.63) is 12.7 Å². The Balaban J connectivity index is 5.76. The highest BCUT2D eigenvalue weighted by Gasteiger charge is 2.49. The lowest BCUT2D eigenvalue weighted by Crippen LogP contribution is -2.46. The molecule has 0 N–H and O–H groups in total. The molecule has 0 spiro atoms. The summed E-state index contributed by atoms with van der Waals surface area (Å²) in [5.41, 5.74) is -2.89. The molecule has 0 aliphatic heterocycles. The normalized spacial score (nSPS) is 12.0. The van der Waals surface area contributed by atoms with E-state index in [-0.39, 0.29) is 12.8 Å². The van der Waals surface area contributed by atoms with E-state index in [9.17, 15) is 9.59 Å².